The number of amides is 1. The predicted octanol–water partition coefficient (Wildman–Crippen LogP) is 4.52. The Balaban J connectivity index is 2.78. The number of halogens is 2. The lowest BCUT2D eigenvalue weighted by molar-refractivity contribution is -0.116. The molecule has 1 rings (SSSR count). The maximum atomic E-state index is 11.7. The highest BCUT2D eigenvalue weighted by atomic mass is 35.5. The fourth-order valence-corrected chi connectivity index (χ4v) is 2.76. The second-order valence-electron chi connectivity index (χ2n) is 5.08. The quantitative estimate of drug-likeness (QED) is 0.628. The molecule has 0 fully saturated rings. The molecule has 2 nitrogen and oxygen atoms in total. The van der Waals surface area contributed by atoms with Gasteiger partial charge in [-0.1, -0.05) is 61.3 Å². The highest BCUT2D eigenvalue weighted by Crippen LogP contribution is 2.35. The van der Waals surface area contributed by atoms with E-state index in [1.54, 1.807) is 24.3 Å². The lowest BCUT2D eigenvalue weighted by Crippen LogP contribution is -2.36. The minimum absolute atomic E-state index is 0.139. The van der Waals surface area contributed by atoms with E-state index in [-0.39, 0.29) is 11.3 Å². The van der Waals surface area contributed by atoms with Crippen LogP contribution in [0.1, 0.15) is 26.3 Å². The molecule has 0 aliphatic carbocycles. The number of hydrogen-bond acceptors (Lipinski definition) is 1. The standard InChI is InChI=1S/C16H19Cl2NO/c1-4-5-6-10-14(20)19-11-16(2,3)15-12(17)8-7-9-13(15)18/h4-10H,11H2,1-3H3,(H,19,20)/b5-4+,10-6+. The summed E-state index contributed by atoms with van der Waals surface area (Å²) in [7, 11) is 0. The number of allylic oxidation sites excluding steroid dienone is 3. The summed E-state index contributed by atoms with van der Waals surface area (Å²) >= 11 is 12.4. The molecule has 0 unspecified atom stereocenters. The summed E-state index contributed by atoms with van der Waals surface area (Å²) in [5.74, 6) is -0.139. The second-order valence-corrected chi connectivity index (χ2v) is 5.90. The maximum Gasteiger partial charge on any atom is 0.244 e. The van der Waals surface area contributed by atoms with E-state index in [1.807, 2.05) is 32.9 Å². The molecule has 0 aromatic heterocycles. The Morgan fingerprint density at radius 1 is 1.25 bits per heavy atom. The van der Waals surface area contributed by atoms with Crippen molar-refractivity contribution in [1.82, 2.24) is 5.32 Å². The summed E-state index contributed by atoms with van der Waals surface area (Å²) in [6, 6.07) is 5.42. The van der Waals surface area contributed by atoms with Crippen LogP contribution < -0.4 is 5.32 Å². The first-order chi connectivity index (χ1) is 9.38. The van der Waals surface area contributed by atoms with Crippen LogP contribution in [0.4, 0.5) is 0 Å². The Kier molecular flexibility index (Phi) is 6.31. The summed E-state index contributed by atoms with van der Waals surface area (Å²) in [6.07, 6.45) is 6.85. The number of benzene rings is 1. The second kappa shape index (κ2) is 7.51. The fourth-order valence-electron chi connectivity index (χ4n) is 1.85. The van der Waals surface area contributed by atoms with Crippen LogP contribution in [0.15, 0.2) is 42.5 Å². The Labute approximate surface area is 130 Å². The topological polar surface area (TPSA) is 29.1 Å². The van der Waals surface area contributed by atoms with Gasteiger partial charge in [0.05, 0.1) is 0 Å². The minimum atomic E-state index is -0.348. The van der Waals surface area contributed by atoms with E-state index in [1.165, 1.54) is 6.08 Å². The third-order valence-corrected chi connectivity index (χ3v) is 3.53. The van der Waals surface area contributed by atoms with Crippen LogP contribution in [0, 0.1) is 0 Å². The van der Waals surface area contributed by atoms with E-state index in [9.17, 15) is 4.79 Å². The average molecular weight is 312 g/mol. The van der Waals surface area contributed by atoms with Gasteiger partial charge in [0.15, 0.2) is 0 Å². The summed E-state index contributed by atoms with van der Waals surface area (Å²) in [5.41, 5.74) is 0.501. The van der Waals surface area contributed by atoms with E-state index >= 15 is 0 Å². The lowest BCUT2D eigenvalue weighted by Gasteiger charge is -2.27. The van der Waals surface area contributed by atoms with Gasteiger partial charge in [0.25, 0.3) is 0 Å². The SMILES string of the molecule is C/C=C/C=C/C(=O)NCC(C)(C)c1c(Cl)cccc1Cl. The predicted molar refractivity (Wildman–Crippen MR) is 86.5 cm³/mol. The number of rotatable bonds is 5. The van der Waals surface area contributed by atoms with E-state index < -0.39 is 0 Å². The maximum absolute atomic E-state index is 11.7. The molecule has 1 amide bonds. The van der Waals surface area contributed by atoms with E-state index in [2.05, 4.69) is 5.32 Å². The van der Waals surface area contributed by atoms with Gasteiger partial charge >= 0.3 is 0 Å². The van der Waals surface area contributed by atoms with Gasteiger partial charge in [0, 0.05) is 28.1 Å². The van der Waals surface area contributed by atoms with E-state index in [0.29, 0.717) is 16.6 Å². The molecule has 0 heterocycles. The third kappa shape index (κ3) is 4.69. The summed E-state index contributed by atoms with van der Waals surface area (Å²) in [6.45, 7) is 6.34. The summed E-state index contributed by atoms with van der Waals surface area (Å²) in [5, 5.41) is 4.08. The summed E-state index contributed by atoms with van der Waals surface area (Å²) in [4.78, 5) is 11.7. The number of hydrogen-bond donors (Lipinski definition) is 1. The number of carbonyl (C=O) groups excluding carboxylic acids is 1. The van der Waals surface area contributed by atoms with E-state index in [4.69, 9.17) is 23.2 Å². The molecule has 1 aromatic rings. The van der Waals surface area contributed by atoms with Gasteiger partial charge in [-0.3, -0.25) is 4.79 Å². The van der Waals surface area contributed by atoms with Crippen LogP contribution in [0.5, 0.6) is 0 Å². The van der Waals surface area contributed by atoms with Gasteiger partial charge in [-0.2, -0.15) is 0 Å². The van der Waals surface area contributed by atoms with Gasteiger partial charge in [0.2, 0.25) is 5.91 Å². The van der Waals surface area contributed by atoms with Gasteiger partial charge in [-0.15, -0.1) is 0 Å². The van der Waals surface area contributed by atoms with Gasteiger partial charge in [0.1, 0.15) is 0 Å². The molecule has 4 heteroatoms. The molecule has 20 heavy (non-hydrogen) atoms. The highest BCUT2D eigenvalue weighted by molar-refractivity contribution is 6.36. The molecule has 0 saturated heterocycles. The van der Waals surface area contributed by atoms with Crippen LogP contribution in [0.2, 0.25) is 10.0 Å². The third-order valence-electron chi connectivity index (χ3n) is 2.90. The van der Waals surface area contributed by atoms with Crippen molar-refractivity contribution in [3.05, 3.63) is 58.1 Å². The molecule has 1 aromatic carbocycles. The largest absolute Gasteiger partial charge is 0.352 e. The van der Waals surface area contributed by atoms with Crippen molar-refractivity contribution in [2.45, 2.75) is 26.2 Å². The first-order valence-electron chi connectivity index (χ1n) is 6.40. The molecule has 0 spiro atoms. The van der Waals surface area contributed by atoms with Gasteiger partial charge in [-0.05, 0) is 24.6 Å². The van der Waals surface area contributed by atoms with Crippen molar-refractivity contribution in [1.29, 1.82) is 0 Å². The Morgan fingerprint density at radius 2 is 1.85 bits per heavy atom. The zero-order valence-corrected chi connectivity index (χ0v) is 13.4. The Morgan fingerprint density at radius 3 is 2.40 bits per heavy atom. The van der Waals surface area contributed by atoms with Gasteiger partial charge < -0.3 is 5.32 Å². The van der Waals surface area contributed by atoms with Crippen molar-refractivity contribution in [2.75, 3.05) is 6.54 Å². The number of carbonyl (C=O) groups is 1. The van der Waals surface area contributed by atoms with Crippen LogP contribution in [0.25, 0.3) is 0 Å². The smallest absolute Gasteiger partial charge is 0.244 e. The molecule has 0 radical (unpaired) electrons. The molecule has 0 aliphatic heterocycles. The number of nitrogens with one attached hydrogen (secondary N) is 1. The molecule has 0 bridgehead atoms. The highest BCUT2D eigenvalue weighted by Gasteiger charge is 2.26. The Hall–Kier alpha value is -1.25. The molecular weight excluding hydrogens is 293 g/mol. The van der Waals surface area contributed by atoms with Crippen LogP contribution in [-0.4, -0.2) is 12.5 Å². The van der Waals surface area contributed by atoms with E-state index in [0.717, 1.165) is 5.56 Å². The normalized spacial score (nSPS) is 12.2. The molecule has 108 valence electrons. The Bertz CT molecular complexity index is 513. The first-order valence-corrected chi connectivity index (χ1v) is 7.16. The van der Waals surface area contributed by atoms with Crippen molar-refractivity contribution in [2.24, 2.45) is 0 Å². The monoisotopic (exact) mass is 311 g/mol. The molecule has 0 saturated carbocycles. The van der Waals surface area contributed by atoms with Crippen molar-refractivity contribution in [3.63, 3.8) is 0 Å². The van der Waals surface area contributed by atoms with Crippen molar-refractivity contribution >= 4 is 29.1 Å². The summed E-state index contributed by atoms with van der Waals surface area (Å²) < 4.78 is 0. The van der Waals surface area contributed by atoms with Crippen molar-refractivity contribution < 1.29 is 4.79 Å². The lowest BCUT2D eigenvalue weighted by atomic mass is 9.84. The zero-order chi connectivity index (χ0) is 15.2. The molecule has 1 N–H and O–H groups in total. The minimum Gasteiger partial charge on any atom is -0.352 e. The molecular formula is C16H19Cl2NO. The molecule has 0 aliphatic rings. The zero-order valence-electron chi connectivity index (χ0n) is 11.9. The fraction of sp³-hybridized carbons (Fsp3) is 0.312. The van der Waals surface area contributed by atoms with Gasteiger partial charge in [-0.25, -0.2) is 0 Å². The van der Waals surface area contributed by atoms with Crippen LogP contribution in [-0.2, 0) is 10.2 Å². The van der Waals surface area contributed by atoms with Crippen LogP contribution in [0.3, 0.4) is 0 Å². The van der Waals surface area contributed by atoms with Crippen molar-refractivity contribution in [3.8, 4) is 0 Å². The average Bonchev–Trinajstić information content (AvgIpc) is 2.36. The molecule has 0 atom stereocenters. The first kappa shape index (κ1) is 16.8. The van der Waals surface area contributed by atoms with Crippen LogP contribution >= 0.6 is 23.2 Å².